The number of rotatable bonds is 1. The third kappa shape index (κ3) is 7.15. The highest BCUT2D eigenvalue weighted by Crippen LogP contribution is 2.14. The lowest BCUT2D eigenvalue weighted by Gasteiger charge is -1.96. The zero-order valence-corrected chi connectivity index (χ0v) is 8.21. The first-order valence-corrected chi connectivity index (χ1v) is 3.93. The average Bonchev–Trinajstić information content (AvgIpc) is 2.05. The molecule has 1 N–H and O–H groups in total. The van der Waals surface area contributed by atoms with Crippen LogP contribution in [-0.2, 0) is 4.79 Å². The molecule has 0 aliphatic heterocycles. The second kappa shape index (κ2) is 6.31. The first kappa shape index (κ1) is 11.8. The molecule has 1 rings (SSSR count). The van der Waals surface area contributed by atoms with Crippen molar-refractivity contribution in [2.75, 3.05) is 7.11 Å². The third-order valence-electron chi connectivity index (χ3n) is 1.05. The minimum absolute atomic E-state index is 0.732. The maximum Gasteiger partial charge on any atom is 0.300 e. The Kier molecular flexibility index (Phi) is 5.72. The third-order valence-corrected chi connectivity index (χ3v) is 1.30. The molecule has 0 unspecified atom stereocenters. The molecule has 0 aliphatic carbocycles. The van der Waals surface area contributed by atoms with E-state index in [2.05, 4.69) is 0 Å². The Bertz CT molecular complexity index is 252. The average molecular weight is 203 g/mol. The van der Waals surface area contributed by atoms with Crippen molar-refractivity contribution in [3.8, 4) is 5.75 Å². The number of methoxy groups -OCH3 is 1. The van der Waals surface area contributed by atoms with Crippen LogP contribution in [0.5, 0.6) is 5.75 Å². The Labute approximate surface area is 81.9 Å². The number of carboxylic acid groups (broad SMARTS) is 1. The second-order valence-corrected chi connectivity index (χ2v) is 2.61. The number of hydrogen-bond acceptors (Lipinski definition) is 2. The van der Waals surface area contributed by atoms with Crippen LogP contribution in [0, 0.1) is 0 Å². The first-order chi connectivity index (χ1) is 6.06. The van der Waals surface area contributed by atoms with Crippen LogP contribution in [0.15, 0.2) is 24.3 Å². The van der Waals surface area contributed by atoms with Gasteiger partial charge in [-0.25, -0.2) is 0 Å². The molecule has 0 amide bonds. The van der Waals surface area contributed by atoms with Crippen molar-refractivity contribution in [1.82, 2.24) is 0 Å². The number of benzene rings is 1. The number of halogens is 1. The van der Waals surface area contributed by atoms with Crippen LogP contribution >= 0.6 is 11.6 Å². The summed E-state index contributed by atoms with van der Waals surface area (Å²) in [5, 5.41) is 8.15. The quantitative estimate of drug-likeness (QED) is 0.761. The Balaban J connectivity index is 0.000000310. The van der Waals surface area contributed by atoms with Gasteiger partial charge in [-0.2, -0.15) is 0 Å². The Morgan fingerprint density at radius 1 is 1.38 bits per heavy atom. The zero-order valence-electron chi connectivity index (χ0n) is 7.45. The van der Waals surface area contributed by atoms with Gasteiger partial charge in [-0.15, -0.1) is 0 Å². The summed E-state index contributed by atoms with van der Waals surface area (Å²) in [7, 11) is 1.63. The fraction of sp³-hybridized carbons (Fsp3) is 0.222. The molecule has 0 radical (unpaired) electrons. The number of aliphatic carboxylic acids is 1. The molecule has 0 bridgehead atoms. The summed E-state index contributed by atoms with van der Waals surface area (Å²) >= 11 is 5.61. The fourth-order valence-corrected chi connectivity index (χ4v) is 0.697. The molecule has 0 fully saturated rings. The summed E-state index contributed by atoms with van der Waals surface area (Å²) < 4.78 is 4.91. The molecule has 3 nitrogen and oxygen atoms in total. The second-order valence-electron chi connectivity index (χ2n) is 2.18. The zero-order chi connectivity index (χ0) is 10.3. The molecule has 0 saturated heterocycles. The van der Waals surface area contributed by atoms with Gasteiger partial charge in [0.2, 0.25) is 0 Å². The lowest BCUT2D eigenvalue weighted by Crippen LogP contribution is -1.79. The van der Waals surface area contributed by atoms with Crippen molar-refractivity contribution in [2.45, 2.75) is 6.92 Å². The standard InChI is InChI=1S/C7H7ClO.C2H4O2/c1-9-7-4-2-6(8)3-5-7;1-2(3)4/h2-5H,1H3;1H3,(H,3,4). The molecular weight excluding hydrogens is 192 g/mol. The largest absolute Gasteiger partial charge is 0.497 e. The van der Waals surface area contributed by atoms with Crippen LogP contribution in [0.3, 0.4) is 0 Å². The van der Waals surface area contributed by atoms with Gasteiger partial charge in [-0.1, -0.05) is 11.6 Å². The molecule has 4 heteroatoms. The van der Waals surface area contributed by atoms with Crippen molar-refractivity contribution in [1.29, 1.82) is 0 Å². The van der Waals surface area contributed by atoms with Crippen LogP contribution in [0.2, 0.25) is 5.02 Å². The van der Waals surface area contributed by atoms with Crippen molar-refractivity contribution in [2.24, 2.45) is 0 Å². The molecule has 0 spiro atoms. The molecule has 1 aromatic carbocycles. The predicted octanol–water partition coefficient (Wildman–Crippen LogP) is 2.44. The molecule has 72 valence electrons. The fourth-order valence-electron chi connectivity index (χ4n) is 0.571. The van der Waals surface area contributed by atoms with Gasteiger partial charge in [-0.05, 0) is 24.3 Å². The summed E-state index contributed by atoms with van der Waals surface area (Å²) in [6.45, 7) is 1.08. The van der Waals surface area contributed by atoms with E-state index in [1.807, 2.05) is 12.1 Å². The van der Waals surface area contributed by atoms with Gasteiger partial charge >= 0.3 is 0 Å². The normalized spacial score (nSPS) is 8.23. The Morgan fingerprint density at radius 2 is 1.77 bits per heavy atom. The SMILES string of the molecule is CC(=O)O.COc1ccc(Cl)cc1. The molecule has 0 heterocycles. The minimum Gasteiger partial charge on any atom is -0.497 e. The van der Waals surface area contributed by atoms with E-state index in [0.29, 0.717) is 0 Å². The Hall–Kier alpha value is -1.22. The molecular formula is C9H11ClO3. The van der Waals surface area contributed by atoms with Crippen molar-refractivity contribution in [3.05, 3.63) is 29.3 Å². The van der Waals surface area contributed by atoms with Gasteiger partial charge in [0.15, 0.2) is 0 Å². The van der Waals surface area contributed by atoms with Gasteiger partial charge in [0, 0.05) is 11.9 Å². The monoisotopic (exact) mass is 202 g/mol. The molecule has 0 saturated carbocycles. The van der Waals surface area contributed by atoms with Crippen LogP contribution in [0.1, 0.15) is 6.92 Å². The van der Waals surface area contributed by atoms with Crippen molar-refractivity contribution >= 4 is 17.6 Å². The van der Waals surface area contributed by atoms with Gasteiger partial charge < -0.3 is 9.84 Å². The minimum atomic E-state index is -0.833. The van der Waals surface area contributed by atoms with E-state index in [4.69, 9.17) is 26.2 Å². The van der Waals surface area contributed by atoms with Crippen LogP contribution in [-0.4, -0.2) is 18.2 Å². The summed E-state index contributed by atoms with van der Waals surface area (Å²) in [6, 6.07) is 7.23. The lowest BCUT2D eigenvalue weighted by molar-refractivity contribution is -0.134. The van der Waals surface area contributed by atoms with E-state index in [-0.39, 0.29) is 0 Å². The molecule has 0 aliphatic rings. The highest BCUT2D eigenvalue weighted by molar-refractivity contribution is 6.30. The topological polar surface area (TPSA) is 46.5 Å². The first-order valence-electron chi connectivity index (χ1n) is 3.55. The summed E-state index contributed by atoms with van der Waals surface area (Å²) in [5.41, 5.74) is 0. The van der Waals surface area contributed by atoms with Gasteiger partial charge in [0.25, 0.3) is 5.97 Å². The summed E-state index contributed by atoms with van der Waals surface area (Å²) in [4.78, 5) is 9.00. The van der Waals surface area contributed by atoms with Crippen LogP contribution < -0.4 is 4.74 Å². The highest BCUT2D eigenvalue weighted by Gasteiger charge is 1.87. The molecule has 0 aromatic heterocycles. The van der Waals surface area contributed by atoms with E-state index >= 15 is 0 Å². The van der Waals surface area contributed by atoms with Gasteiger partial charge in [0.05, 0.1) is 7.11 Å². The van der Waals surface area contributed by atoms with E-state index in [0.717, 1.165) is 17.7 Å². The van der Waals surface area contributed by atoms with Crippen LogP contribution in [0.4, 0.5) is 0 Å². The maximum atomic E-state index is 9.00. The molecule has 13 heavy (non-hydrogen) atoms. The smallest absolute Gasteiger partial charge is 0.300 e. The van der Waals surface area contributed by atoms with E-state index in [1.54, 1.807) is 19.2 Å². The molecule has 1 aromatic rings. The number of carbonyl (C=O) groups is 1. The van der Waals surface area contributed by atoms with Gasteiger partial charge in [0.1, 0.15) is 5.75 Å². The van der Waals surface area contributed by atoms with Crippen LogP contribution in [0.25, 0.3) is 0 Å². The summed E-state index contributed by atoms with van der Waals surface area (Å²) in [6.07, 6.45) is 0. The number of hydrogen-bond donors (Lipinski definition) is 1. The molecule has 0 atom stereocenters. The summed E-state index contributed by atoms with van der Waals surface area (Å²) in [5.74, 6) is -0.000556. The van der Waals surface area contributed by atoms with E-state index in [1.165, 1.54) is 0 Å². The predicted molar refractivity (Wildman–Crippen MR) is 51.3 cm³/mol. The maximum absolute atomic E-state index is 9.00. The lowest BCUT2D eigenvalue weighted by atomic mass is 10.3. The van der Waals surface area contributed by atoms with E-state index < -0.39 is 5.97 Å². The highest BCUT2D eigenvalue weighted by atomic mass is 35.5. The van der Waals surface area contributed by atoms with Crippen molar-refractivity contribution in [3.63, 3.8) is 0 Å². The van der Waals surface area contributed by atoms with E-state index in [9.17, 15) is 0 Å². The van der Waals surface area contributed by atoms with Gasteiger partial charge in [-0.3, -0.25) is 4.79 Å². The van der Waals surface area contributed by atoms with Crippen molar-refractivity contribution < 1.29 is 14.6 Å². The number of carboxylic acids is 1. The Morgan fingerprint density at radius 3 is 2.08 bits per heavy atom. The number of ether oxygens (including phenoxy) is 1.